The summed E-state index contributed by atoms with van der Waals surface area (Å²) in [5.74, 6) is 1.62. The van der Waals surface area contributed by atoms with Crippen molar-refractivity contribution in [1.82, 2.24) is 19.9 Å². The van der Waals surface area contributed by atoms with Gasteiger partial charge in [-0.05, 0) is 130 Å². The monoisotopic (exact) mass is 760 g/mol. The predicted molar refractivity (Wildman–Crippen MR) is 214 cm³/mol. The molecule has 1 saturated carbocycles. The van der Waals surface area contributed by atoms with E-state index in [9.17, 15) is 15.2 Å². The zero-order valence-corrected chi connectivity index (χ0v) is 32.4. The van der Waals surface area contributed by atoms with Crippen LogP contribution in [0.25, 0.3) is 32.9 Å². The van der Waals surface area contributed by atoms with Crippen LogP contribution in [0, 0.1) is 22.9 Å². The van der Waals surface area contributed by atoms with Crippen LogP contribution < -0.4 is 14.4 Å². The van der Waals surface area contributed by atoms with Crippen LogP contribution in [-0.2, 0) is 6.42 Å². The number of halogens is 1. The molecule has 4 aliphatic rings. The Labute approximate surface area is 326 Å². The molecule has 9 rings (SSSR count). The Hall–Kier alpha value is -4.94. The fraction of sp³-hybridized carbons (Fsp3) is 0.477. The number of nitro groups is 1. The van der Waals surface area contributed by atoms with Gasteiger partial charge in [-0.25, -0.2) is 4.39 Å². The third-order valence-corrected chi connectivity index (χ3v) is 12.8. The molecule has 5 aromatic rings. The summed E-state index contributed by atoms with van der Waals surface area (Å²) in [6.07, 6.45) is 10.2. The summed E-state index contributed by atoms with van der Waals surface area (Å²) in [4.78, 5) is 30.6. The highest BCUT2D eigenvalue weighted by atomic mass is 19.1. The zero-order chi connectivity index (χ0) is 38.8. The second kappa shape index (κ2) is 14.2. The van der Waals surface area contributed by atoms with Gasteiger partial charge in [-0.1, -0.05) is 19.1 Å². The molecule has 0 radical (unpaired) electrons. The van der Waals surface area contributed by atoms with Gasteiger partial charge >= 0.3 is 6.01 Å². The van der Waals surface area contributed by atoms with E-state index in [-0.39, 0.29) is 23.1 Å². The molecule has 0 spiro atoms. The number of rotatable bonds is 11. The molecule has 1 aliphatic carbocycles. The van der Waals surface area contributed by atoms with Crippen LogP contribution in [-0.4, -0.2) is 79.9 Å². The number of hydrogen-bond donors (Lipinski definition) is 1. The number of non-ortho nitro benzene ring substituents is 1. The summed E-state index contributed by atoms with van der Waals surface area (Å²) in [7, 11) is 0. The average molecular weight is 761 g/mol. The lowest BCUT2D eigenvalue weighted by molar-refractivity contribution is -0.384. The molecular weight excluding hydrogens is 712 g/mol. The number of aliphatic hydroxyl groups is 1. The minimum Gasteiger partial charge on any atom is -0.492 e. The predicted octanol–water partition coefficient (Wildman–Crippen LogP) is 8.45. The molecule has 2 aromatic heterocycles. The number of nitrogens with zero attached hydrogens (tertiary/aromatic N) is 6. The van der Waals surface area contributed by atoms with Gasteiger partial charge in [0, 0.05) is 48.6 Å². The van der Waals surface area contributed by atoms with Gasteiger partial charge in [0.25, 0.3) is 5.69 Å². The number of aryl methyl sites for hydroxylation is 2. The number of β-amino-alcohol motifs (C(OH)–C–C–N with tert-alkyl or cyclic N) is 1. The van der Waals surface area contributed by atoms with E-state index < -0.39 is 10.5 Å². The van der Waals surface area contributed by atoms with Gasteiger partial charge in [-0.2, -0.15) is 9.97 Å². The van der Waals surface area contributed by atoms with E-state index in [0.29, 0.717) is 61.7 Å². The first kappa shape index (κ1) is 36.7. The number of piperidine rings is 1. The first-order valence-electron chi connectivity index (χ1n) is 20.2. The molecule has 3 aromatic carbocycles. The van der Waals surface area contributed by atoms with Crippen molar-refractivity contribution in [2.75, 3.05) is 37.7 Å². The second-order valence-electron chi connectivity index (χ2n) is 16.7. The normalized spacial score (nSPS) is 23.9. The van der Waals surface area contributed by atoms with Crippen molar-refractivity contribution in [3.05, 3.63) is 87.3 Å². The fourth-order valence-electron chi connectivity index (χ4n) is 9.73. The van der Waals surface area contributed by atoms with Crippen molar-refractivity contribution >= 4 is 33.2 Å². The zero-order valence-electron chi connectivity index (χ0n) is 32.4. The molecule has 3 aliphatic heterocycles. The number of aromatic nitrogens is 3. The first-order chi connectivity index (χ1) is 27.0. The van der Waals surface area contributed by atoms with Crippen molar-refractivity contribution in [2.45, 2.75) is 102 Å². The molecule has 4 fully saturated rings. The van der Waals surface area contributed by atoms with Crippen LogP contribution in [0.15, 0.2) is 54.7 Å². The topological polar surface area (TPSA) is 127 Å². The number of fused-ring (bicyclic) bond motifs is 3. The molecule has 1 N–H and O–H groups in total. The lowest BCUT2D eigenvalue weighted by Gasteiger charge is -2.38. The van der Waals surface area contributed by atoms with Crippen molar-refractivity contribution in [3.63, 3.8) is 0 Å². The maximum absolute atomic E-state index is 15.4. The number of hydrogen-bond acceptors (Lipinski definition) is 10. The van der Waals surface area contributed by atoms with E-state index in [1.54, 1.807) is 18.2 Å². The largest absolute Gasteiger partial charge is 0.492 e. The van der Waals surface area contributed by atoms with Gasteiger partial charge in [0.05, 0.1) is 32.7 Å². The Kier molecular flexibility index (Phi) is 9.31. The number of nitro benzene ring substituents is 1. The first-order valence-corrected chi connectivity index (χ1v) is 20.2. The number of ether oxygens (including phenoxy) is 2. The van der Waals surface area contributed by atoms with E-state index in [4.69, 9.17) is 24.4 Å². The molecule has 12 heteroatoms. The lowest BCUT2D eigenvalue weighted by Crippen LogP contribution is -2.48. The van der Waals surface area contributed by atoms with Crippen molar-refractivity contribution < 1.29 is 23.9 Å². The Bertz CT molecular complexity index is 2330. The molecule has 11 nitrogen and oxygen atoms in total. The second-order valence-corrected chi connectivity index (χ2v) is 16.7. The minimum absolute atomic E-state index is 0.0404. The fourth-order valence-corrected chi connectivity index (χ4v) is 9.73. The highest BCUT2D eigenvalue weighted by molar-refractivity contribution is 6.02. The summed E-state index contributed by atoms with van der Waals surface area (Å²) in [5, 5.41) is 25.0. The molecule has 56 heavy (non-hydrogen) atoms. The van der Waals surface area contributed by atoms with Gasteiger partial charge in [0.1, 0.15) is 30.6 Å². The maximum atomic E-state index is 15.4. The van der Waals surface area contributed by atoms with E-state index >= 15 is 4.39 Å². The standard InChI is InChI=1S/C44H49FN6O5/c1-4-34-37(45)14-9-29-21-30(28-7-8-28)22-35(38(29)34)39-27(2)40-36(23-46-39)41(49-19-5-16-43(3,52)25-49)48-42(47-40)56-26-44-17-6-20-50(44)32(15-18-44)24-55-33-12-10-31(11-13-33)51(53)54/h9-14,21-23,28,32,52H,4-8,15-20,24-26H2,1-3H3/t32?,43-,44+/m1/s1. The van der Waals surface area contributed by atoms with Gasteiger partial charge < -0.3 is 19.5 Å². The number of anilines is 1. The Balaban J connectivity index is 1.06. The molecular formula is C44H49FN6O5. The molecule has 292 valence electrons. The minimum atomic E-state index is -0.861. The van der Waals surface area contributed by atoms with Crippen molar-refractivity contribution in [2.24, 2.45) is 0 Å². The highest BCUT2D eigenvalue weighted by Crippen LogP contribution is 2.46. The van der Waals surface area contributed by atoms with Crippen LogP contribution in [0.3, 0.4) is 0 Å². The van der Waals surface area contributed by atoms with Crippen LogP contribution in [0.4, 0.5) is 15.9 Å². The van der Waals surface area contributed by atoms with Crippen molar-refractivity contribution in [1.29, 1.82) is 0 Å². The number of benzene rings is 3. The van der Waals surface area contributed by atoms with Crippen LogP contribution >= 0.6 is 0 Å². The third-order valence-electron chi connectivity index (χ3n) is 12.8. The van der Waals surface area contributed by atoms with Crippen LogP contribution in [0.5, 0.6) is 11.8 Å². The summed E-state index contributed by atoms with van der Waals surface area (Å²) < 4.78 is 28.2. The maximum Gasteiger partial charge on any atom is 0.319 e. The van der Waals surface area contributed by atoms with Crippen molar-refractivity contribution in [3.8, 4) is 23.0 Å². The van der Waals surface area contributed by atoms with E-state index in [1.807, 2.05) is 33.0 Å². The van der Waals surface area contributed by atoms with E-state index in [0.717, 1.165) is 96.5 Å². The summed E-state index contributed by atoms with van der Waals surface area (Å²) in [6, 6.07) is 14.6. The SMILES string of the molecule is CCc1c(F)ccc2cc(C3CC3)cc(-c3ncc4c(N5CCC[C@@](C)(O)C5)nc(OC[C@@]56CCCN5C(COc5ccc([N+](=O)[O-])cc5)CC6)nc4c3C)c12. The quantitative estimate of drug-likeness (QED) is 0.104. The third kappa shape index (κ3) is 6.70. The highest BCUT2D eigenvalue weighted by Gasteiger charge is 2.50. The van der Waals surface area contributed by atoms with Crippen LogP contribution in [0.1, 0.15) is 87.8 Å². The summed E-state index contributed by atoms with van der Waals surface area (Å²) in [5.41, 5.74) is 4.27. The molecule has 0 bridgehead atoms. The van der Waals surface area contributed by atoms with Gasteiger partial charge in [0.2, 0.25) is 0 Å². The Morgan fingerprint density at radius 3 is 2.57 bits per heavy atom. The molecule has 5 heterocycles. The molecule has 1 unspecified atom stereocenters. The van der Waals surface area contributed by atoms with Crippen LogP contribution in [0.2, 0.25) is 0 Å². The van der Waals surface area contributed by atoms with Gasteiger partial charge in [0.15, 0.2) is 0 Å². The molecule has 0 amide bonds. The smallest absolute Gasteiger partial charge is 0.319 e. The lowest BCUT2D eigenvalue weighted by atomic mass is 9.90. The van der Waals surface area contributed by atoms with Gasteiger partial charge in [-0.15, -0.1) is 0 Å². The molecule has 3 saturated heterocycles. The Morgan fingerprint density at radius 2 is 1.82 bits per heavy atom. The molecule has 3 atom stereocenters. The van der Waals surface area contributed by atoms with E-state index in [1.165, 1.54) is 17.7 Å². The number of pyridine rings is 1. The van der Waals surface area contributed by atoms with E-state index in [2.05, 4.69) is 21.9 Å². The average Bonchev–Trinajstić information content (AvgIpc) is 3.87. The Morgan fingerprint density at radius 1 is 1.02 bits per heavy atom. The summed E-state index contributed by atoms with van der Waals surface area (Å²) in [6.45, 7) is 8.94. The van der Waals surface area contributed by atoms with Gasteiger partial charge in [-0.3, -0.25) is 20.0 Å². The summed E-state index contributed by atoms with van der Waals surface area (Å²) >= 11 is 0.